The Kier molecular flexibility index (Phi) is 3.46. The molecule has 1 aliphatic heterocycles. The second-order valence-corrected chi connectivity index (χ2v) is 5.48. The van der Waals surface area contributed by atoms with E-state index in [1.54, 1.807) is 0 Å². The summed E-state index contributed by atoms with van der Waals surface area (Å²) in [6.45, 7) is 2.18. The van der Waals surface area contributed by atoms with Crippen molar-refractivity contribution >= 4 is 0 Å². The molecule has 1 atom stereocenters. The molecule has 0 bridgehead atoms. The van der Waals surface area contributed by atoms with Crippen LogP contribution in [0.25, 0.3) is 0 Å². The summed E-state index contributed by atoms with van der Waals surface area (Å²) in [6, 6.07) is 0. The minimum absolute atomic E-state index is 0.501. The van der Waals surface area contributed by atoms with E-state index in [0.717, 1.165) is 24.7 Å². The molecule has 0 amide bonds. The topological polar surface area (TPSA) is 38.1 Å². The van der Waals surface area contributed by atoms with Crippen LogP contribution in [0.3, 0.4) is 0 Å². The molecular weight excluding hydrogens is 212 g/mol. The Balaban J connectivity index is 1.68. The summed E-state index contributed by atoms with van der Waals surface area (Å²) < 4.78 is 6.01. The van der Waals surface area contributed by atoms with Gasteiger partial charge in [0.05, 0.1) is 6.20 Å². The molecule has 0 aromatic carbocycles. The zero-order valence-corrected chi connectivity index (χ0v) is 10.5. The third kappa shape index (κ3) is 2.54. The lowest BCUT2D eigenvalue weighted by atomic mass is 9.88. The summed E-state index contributed by atoms with van der Waals surface area (Å²) >= 11 is 0. The van der Waals surface area contributed by atoms with Crippen molar-refractivity contribution in [3.63, 3.8) is 0 Å². The van der Waals surface area contributed by atoms with Crippen LogP contribution < -0.4 is 5.32 Å². The SMILES string of the molecule is c1nc(C2CCCNC2)oc1C1CCCCC1. The van der Waals surface area contributed by atoms with Crippen LogP contribution in [-0.2, 0) is 0 Å². The van der Waals surface area contributed by atoms with Gasteiger partial charge in [-0.25, -0.2) is 4.98 Å². The van der Waals surface area contributed by atoms with Crippen LogP contribution in [0.5, 0.6) is 0 Å². The van der Waals surface area contributed by atoms with Crippen molar-refractivity contribution in [1.29, 1.82) is 0 Å². The third-order valence-corrected chi connectivity index (χ3v) is 4.20. The molecule has 3 nitrogen and oxygen atoms in total. The minimum Gasteiger partial charge on any atom is -0.445 e. The standard InChI is InChI=1S/C14H22N2O/c1-2-5-11(6-3-1)13-10-16-14(17-13)12-7-4-8-15-9-12/h10-12,15H,1-9H2. The van der Waals surface area contributed by atoms with E-state index in [0.29, 0.717) is 11.8 Å². The van der Waals surface area contributed by atoms with Gasteiger partial charge in [0.25, 0.3) is 0 Å². The van der Waals surface area contributed by atoms with Crippen molar-refractivity contribution in [2.45, 2.75) is 56.8 Å². The maximum absolute atomic E-state index is 6.01. The van der Waals surface area contributed by atoms with E-state index < -0.39 is 0 Å². The van der Waals surface area contributed by atoms with E-state index in [1.165, 1.54) is 44.9 Å². The van der Waals surface area contributed by atoms with Crippen molar-refractivity contribution < 1.29 is 4.42 Å². The Bertz CT molecular complexity index is 316. The van der Waals surface area contributed by atoms with Crippen LogP contribution in [0.1, 0.15) is 68.4 Å². The first-order valence-corrected chi connectivity index (χ1v) is 7.10. The normalized spacial score (nSPS) is 27.2. The van der Waals surface area contributed by atoms with E-state index in [2.05, 4.69) is 10.3 Å². The first kappa shape index (κ1) is 11.3. The molecule has 1 aromatic rings. The minimum atomic E-state index is 0.501. The zero-order chi connectivity index (χ0) is 11.5. The summed E-state index contributed by atoms with van der Waals surface area (Å²) in [5.41, 5.74) is 0. The number of nitrogens with zero attached hydrogens (tertiary/aromatic N) is 1. The summed E-state index contributed by atoms with van der Waals surface area (Å²) in [5.74, 6) is 3.26. The predicted octanol–water partition coefficient (Wildman–Crippen LogP) is 3.19. The highest BCUT2D eigenvalue weighted by Gasteiger charge is 2.23. The Hall–Kier alpha value is -0.830. The number of hydrogen-bond acceptors (Lipinski definition) is 3. The first-order chi connectivity index (χ1) is 8.43. The Labute approximate surface area is 103 Å². The number of piperidine rings is 1. The highest BCUT2D eigenvalue weighted by molar-refractivity contribution is 5.06. The summed E-state index contributed by atoms with van der Waals surface area (Å²) in [4.78, 5) is 4.51. The predicted molar refractivity (Wildman–Crippen MR) is 67.2 cm³/mol. The van der Waals surface area contributed by atoms with Crippen LogP contribution in [0.15, 0.2) is 10.6 Å². The van der Waals surface area contributed by atoms with Gasteiger partial charge in [0.15, 0.2) is 5.89 Å². The molecule has 1 unspecified atom stereocenters. The molecule has 1 aliphatic carbocycles. The van der Waals surface area contributed by atoms with Crippen LogP contribution in [0, 0.1) is 0 Å². The van der Waals surface area contributed by atoms with Crippen molar-refractivity contribution in [1.82, 2.24) is 10.3 Å². The van der Waals surface area contributed by atoms with Gasteiger partial charge >= 0.3 is 0 Å². The van der Waals surface area contributed by atoms with E-state index in [1.807, 2.05) is 6.20 Å². The molecule has 2 aliphatic rings. The van der Waals surface area contributed by atoms with Gasteiger partial charge in [0.1, 0.15) is 5.76 Å². The van der Waals surface area contributed by atoms with Crippen LogP contribution in [0.4, 0.5) is 0 Å². The number of oxazole rings is 1. The molecule has 2 fully saturated rings. The van der Waals surface area contributed by atoms with Crippen molar-refractivity contribution in [2.75, 3.05) is 13.1 Å². The zero-order valence-electron chi connectivity index (χ0n) is 10.5. The van der Waals surface area contributed by atoms with Crippen LogP contribution in [0.2, 0.25) is 0 Å². The molecule has 3 heteroatoms. The molecule has 0 spiro atoms. The fourth-order valence-corrected chi connectivity index (χ4v) is 3.13. The maximum atomic E-state index is 6.01. The third-order valence-electron chi connectivity index (χ3n) is 4.20. The van der Waals surface area contributed by atoms with Crippen molar-refractivity contribution in [3.8, 4) is 0 Å². The van der Waals surface area contributed by atoms with Gasteiger partial charge in [-0.15, -0.1) is 0 Å². The summed E-state index contributed by atoms with van der Waals surface area (Å²) in [5, 5.41) is 3.42. The molecule has 94 valence electrons. The van der Waals surface area contributed by atoms with E-state index in [9.17, 15) is 0 Å². The fourth-order valence-electron chi connectivity index (χ4n) is 3.13. The average Bonchev–Trinajstić information content (AvgIpc) is 2.90. The molecule has 0 radical (unpaired) electrons. The molecule has 1 saturated carbocycles. The lowest BCUT2D eigenvalue weighted by Gasteiger charge is -2.21. The van der Waals surface area contributed by atoms with Gasteiger partial charge in [-0.05, 0) is 32.2 Å². The molecule has 1 aromatic heterocycles. The molecule has 2 heterocycles. The van der Waals surface area contributed by atoms with Gasteiger partial charge in [0.2, 0.25) is 0 Å². The summed E-state index contributed by atoms with van der Waals surface area (Å²) in [7, 11) is 0. The maximum Gasteiger partial charge on any atom is 0.198 e. The van der Waals surface area contributed by atoms with Gasteiger partial charge in [-0.3, -0.25) is 0 Å². The quantitative estimate of drug-likeness (QED) is 0.854. The largest absolute Gasteiger partial charge is 0.445 e. The number of rotatable bonds is 2. The van der Waals surface area contributed by atoms with Gasteiger partial charge in [0, 0.05) is 18.4 Å². The number of aromatic nitrogens is 1. The fraction of sp³-hybridized carbons (Fsp3) is 0.786. The summed E-state index contributed by atoms with van der Waals surface area (Å²) in [6.07, 6.45) is 11.1. The molecule has 17 heavy (non-hydrogen) atoms. The highest BCUT2D eigenvalue weighted by atomic mass is 16.4. The lowest BCUT2D eigenvalue weighted by molar-refractivity contribution is 0.328. The van der Waals surface area contributed by atoms with Crippen LogP contribution in [-0.4, -0.2) is 18.1 Å². The Morgan fingerprint density at radius 3 is 2.65 bits per heavy atom. The Morgan fingerprint density at radius 1 is 1.06 bits per heavy atom. The molecule has 1 N–H and O–H groups in total. The van der Waals surface area contributed by atoms with E-state index in [-0.39, 0.29) is 0 Å². The number of nitrogens with one attached hydrogen (secondary N) is 1. The molecule has 1 saturated heterocycles. The number of hydrogen-bond donors (Lipinski definition) is 1. The Morgan fingerprint density at radius 2 is 1.88 bits per heavy atom. The van der Waals surface area contributed by atoms with E-state index >= 15 is 0 Å². The van der Waals surface area contributed by atoms with Crippen LogP contribution >= 0.6 is 0 Å². The lowest BCUT2D eigenvalue weighted by Crippen LogP contribution is -2.28. The molecular formula is C14H22N2O. The van der Waals surface area contributed by atoms with Crippen molar-refractivity contribution in [2.24, 2.45) is 0 Å². The highest BCUT2D eigenvalue weighted by Crippen LogP contribution is 2.34. The second-order valence-electron chi connectivity index (χ2n) is 5.48. The molecule has 3 rings (SSSR count). The van der Waals surface area contributed by atoms with Gasteiger partial charge in [-0.2, -0.15) is 0 Å². The first-order valence-electron chi connectivity index (χ1n) is 7.10. The average molecular weight is 234 g/mol. The smallest absolute Gasteiger partial charge is 0.198 e. The monoisotopic (exact) mass is 234 g/mol. The van der Waals surface area contributed by atoms with Crippen molar-refractivity contribution in [3.05, 3.63) is 17.8 Å². The van der Waals surface area contributed by atoms with Gasteiger partial charge < -0.3 is 9.73 Å². The van der Waals surface area contributed by atoms with Gasteiger partial charge in [-0.1, -0.05) is 19.3 Å². The van der Waals surface area contributed by atoms with E-state index in [4.69, 9.17) is 4.42 Å². The second kappa shape index (κ2) is 5.21.